The van der Waals surface area contributed by atoms with Gasteiger partial charge in [0.1, 0.15) is 0 Å². The number of hydrogen-bond acceptors (Lipinski definition) is 4. The lowest BCUT2D eigenvalue weighted by Gasteiger charge is -2.19. The third-order valence-corrected chi connectivity index (χ3v) is 5.60. The number of fused-ring (bicyclic) bond motifs is 1. The monoisotopic (exact) mass is 457 g/mol. The standard InChI is InChI=1S/C26H23N3O3S/c1-26(2,3)17-13-11-16(12-14-17)22(30)28-25(33)27-18-7-6-8-19(15-18)29-23(31)20-9-4-5-10-21(20)24(29)32/h4-15H,1-3H3,(H2,27,28,30,33). The summed E-state index contributed by atoms with van der Waals surface area (Å²) in [6, 6.07) is 20.9. The van der Waals surface area contributed by atoms with E-state index in [-0.39, 0.29) is 28.2 Å². The summed E-state index contributed by atoms with van der Waals surface area (Å²) in [5.74, 6) is -1.07. The molecule has 1 heterocycles. The lowest BCUT2D eigenvalue weighted by molar-refractivity contribution is 0.0924. The highest BCUT2D eigenvalue weighted by atomic mass is 32.1. The van der Waals surface area contributed by atoms with Gasteiger partial charge in [0.25, 0.3) is 17.7 Å². The number of carbonyl (C=O) groups excluding carboxylic acids is 3. The molecule has 3 aromatic rings. The highest BCUT2D eigenvalue weighted by molar-refractivity contribution is 7.80. The SMILES string of the molecule is CC(C)(C)c1ccc(C(=O)NC(=S)Nc2cccc(N3C(=O)c4ccccc4C3=O)c2)cc1. The van der Waals surface area contributed by atoms with Crippen molar-refractivity contribution in [3.05, 3.63) is 95.1 Å². The number of nitrogens with zero attached hydrogens (tertiary/aromatic N) is 1. The van der Waals surface area contributed by atoms with Gasteiger partial charge in [-0.05, 0) is 65.7 Å². The second-order valence-electron chi connectivity index (χ2n) is 8.78. The van der Waals surface area contributed by atoms with Crippen LogP contribution >= 0.6 is 12.2 Å². The first-order valence-corrected chi connectivity index (χ1v) is 10.9. The van der Waals surface area contributed by atoms with Crippen LogP contribution in [-0.4, -0.2) is 22.8 Å². The van der Waals surface area contributed by atoms with Gasteiger partial charge in [0.15, 0.2) is 5.11 Å². The average molecular weight is 458 g/mol. The van der Waals surface area contributed by atoms with Gasteiger partial charge < -0.3 is 5.32 Å². The van der Waals surface area contributed by atoms with Gasteiger partial charge in [-0.25, -0.2) is 4.90 Å². The number of anilines is 2. The lowest BCUT2D eigenvalue weighted by atomic mass is 9.87. The normalized spacial score (nSPS) is 13.0. The summed E-state index contributed by atoms with van der Waals surface area (Å²) in [6.45, 7) is 6.33. The van der Waals surface area contributed by atoms with Crippen molar-refractivity contribution in [1.82, 2.24) is 5.32 Å². The lowest BCUT2D eigenvalue weighted by Crippen LogP contribution is -2.34. The van der Waals surface area contributed by atoms with Gasteiger partial charge in [-0.15, -0.1) is 0 Å². The zero-order valence-corrected chi connectivity index (χ0v) is 19.3. The zero-order chi connectivity index (χ0) is 23.8. The third kappa shape index (κ3) is 4.54. The van der Waals surface area contributed by atoms with Crippen LogP contribution in [0.15, 0.2) is 72.8 Å². The van der Waals surface area contributed by atoms with Gasteiger partial charge >= 0.3 is 0 Å². The third-order valence-electron chi connectivity index (χ3n) is 5.40. The summed E-state index contributed by atoms with van der Waals surface area (Å²) in [4.78, 5) is 39.2. The molecule has 166 valence electrons. The highest BCUT2D eigenvalue weighted by Gasteiger charge is 2.36. The fraction of sp³-hybridized carbons (Fsp3) is 0.154. The van der Waals surface area contributed by atoms with E-state index in [4.69, 9.17) is 12.2 Å². The van der Waals surface area contributed by atoms with Gasteiger partial charge in [0.2, 0.25) is 0 Å². The van der Waals surface area contributed by atoms with Gasteiger partial charge in [-0.3, -0.25) is 19.7 Å². The largest absolute Gasteiger partial charge is 0.332 e. The molecule has 0 radical (unpaired) electrons. The van der Waals surface area contributed by atoms with E-state index in [9.17, 15) is 14.4 Å². The summed E-state index contributed by atoms with van der Waals surface area (Å²) in [7, 11) is 0. The van der Waals surface area contributed by atoms with Crippen molar-refractivity contribution < 1.29 is 14.4 Å². The Hall–Kier alpha value is -3.84. The minimum atomic E-state index is -0.373. The average Bonchev–Trinajstić information content (AvgIpc) is 3.03. The summed E-state index contributed by atoms with van der Waals surface area (Å²) >= 11 is 5.29. The van der Waals surface area contributed by atoms with Crippen molar-refractivity contribution in [1.29, 1.82) is 0 Å². The molecule has 0 bridgehead atoms. The number of carbonyl (C=O) groups is 3. The second kappa shape index (κ2) is 8.60. The minimum absolute atomic E-state index is 0.00362. The van der Waals surface area contributed by atoms with Crippen LogP contribution in [0, 0.1) is 0 Å². The molecule has 1 aliphatic rings. The maximum atomic E-state index is 12.7. The molecule has 0 atom stereocenters. The molecule has 2 N–H and O–H groups in total. The first-order valence-electron chi connectivity index (χ1n) is 10.5. The molecule has 33 heavy (non-hydrogen) atoms. The number of benzene rings is 3. The molecule has 3 aromatic carbocycles. The Labute approximate surface area is 197 Å². The van der Waals surface area contributed by atoms with E-state index < -0.39 is 0 Å². The molecule has 0 fully saturated rings. The molecule has 1 aliphatic heterocycles. The number of hydrogen-bond donors (Lipinski definition) is 2. The molecule has 7 heteroatoms. The second-order valence-corrected chi connectivity index (χ2v) is 9.19. The summed E-state index contributed by atoms with van der Waals surface area (Å²) in [6.07, 6.45) is 0. The topological polar surface area (TPSA) is 78.5 Å². The highest BCUT2D eigenvalue weighted by Crippen LogP contribution is 2.29. The fourth-order valence-corrected chi connectivity index (χ4v) is 3.82. The fourth-order valence-electron chi connectivity index (χ4n) is 3.61. The molecule has 3 amide bonds. The van der Waals surface area contributed by atoms with Crippen LogP contribution < -0.4 is 15.5 Å². The van der Waals surface area contributed by atoms with Crippen LogP contribution in [0.25, 0.3) is 0 Å². The van der Waals surface area contributed by atoms with E-state index in [0.29, 0.717) is 28.1 Å². The Kier molecular flexibility index (Phi) is 5.82. The molecule has 0 saturated carbocycles. The maximum absolute atomic E-state index is 12.7. The molecular formula is C26H23N3O3S. The Balaban J connectivity index is 1.45. The van der Waals surface area contributed by atoms with Crippen molar-refractivity contribution in [2.45, 2.75) is 26.2 Å². The molecule has 4 rings (SSSR count). The van der Waals surface area contributed by atoms with Crippen LogP contribution in [0.3, 0.4) is 0 Å². The maximum Gasteiger partial charge on any atom is 0.266 e. The van der Waals surface area contributed by atoms with Gasteiger partial charge in [-0.2, -0.15) is 0 Å². The van der Waals surface area contributed by atoms with Crippen LogP contribution in [0.5, 0.6) is 0 Å². The van der Waals surface area contributed by atoms with E-state index in [2.05, 4.69) is 31.4 Å². The number of amides is 3. The van der Waals surface area contributed by atoms with Crippen LogP contribution in [0.1, 0.15) is 57.4 Å². The number of rotatable bonds is 3. The van der Waals surface area contributed by atoms with Crippen molar-refractivity contribution in [3.63, 3.8) is 0 Å². The minimum Gasteiger partial charge on any atom is -0.332 e. The van der Waals surface area contributed by atoms with Crippen LogP contribution in [-0.2, 0) is 5.41 Å². The van der Waals surface area contributed by atoms with Gasteiger partial charge in [-0.1, -0.05) is 51.1 Å². The molecular weight excluding hydrogens is 434 g/mol. The molecule has 6 nitrogen and oxygen atoms in total. The number of thiocarbonyl (C=S) groups is 1. The molecule has 0 spiro atoms. The first-order chi connectivity index (χ1) is 15.6. The summed E-state index contributed by atoms with van der Waals surface area (Å²) in [5.41, 5.74) is 3.32. The van der Waals surface area contributed by atoms with E-state index in [0.717, 1.165) is 10.5 Å². The molecule has 0 aromatic heterocycles. The predicted molar refractivity (Wildman–Crippen MR) is 133 cm³/mol. The van der Waals surface area contributed by atoms with E-state index in [1.807, 2.05) is 12.1 Å². The number of imide groups is 1. The quantitative estimate of drug-likeness (QED) is 0.432. The molecule has 0 aliphatic carbocycles. The van der Waals surface area contributed by atoms with Crippen LogP contribution in [0.4, 0.5) is 11.4 Å². The van der Waals surface area contributed by atoms with Crippen LogP contribution in [0.2, 0.25) is 0 Å². The zero-order valence-electron chi connectivity index (χ0n) is 18.5. The molecule has 0 unspecified atom stereocenters. The summed E-state index contributed by atoms with van der Waals surface area (Å²) < 4.78 is 0. The van der Waals surface area contributed by atoms with Crippen molar-refractivity contribution in [2.75, 3.05) is 10.2 Å². The Morgan fingerprint density at radius 3 is 2.03 bits per heavy atom. The Morgan fingerprint density at radius 1 is 0.848 bits per heavy atom. The first kappa shape index (κ1) is 22.4. The van der Waals surface area contributed by atoms with E-state index >= 15 is 0 Å². The summed E-state index contributed by atoms with van der Waals surface area (Å²) in [5, 5.41) is 5.71. The van der Waals surface area contributed by atoms with Crippen molar-refractivity contribution >= 4 is 46.4 Å². The predicted octanol–water partition coefficient (Wildman–Crippen LogP) is 4.91. The Bertz CT molecular complexity index is 1240. The van der Waals surface area contributed by atoms with Crippen molar-refractivity contribution in [2.24, 2.45) is 0 Å². The number of nitrogens with one attached hydrogen (secondary N) is 2. The smallest absolute Gasteiger partial charge is 0.266 e. The van der Waals surface area contributed by atoms with E-state index in [1.54, 1.807) is 60.7 Å². The Morgan fingerprint density at radius 2 is 1.45 bits per heavy atom. The molecule has 0 saturated heterocycles. The van der Waals surface area contributed by atoms with Gasteiger partial charge in [0, 0.05) is 11.3 Å². The van der Waals surface area contributed by atoms with Crippen molar-refractivity contribution in [3.8, 4) is 0 Å². The van der Waals surface area contributed by atoms with E-state index in [1.165, 1.54) is 0 Å². The van der Waals surface area contributed by atoms with Gasteiger partial charge in [0.05, 0.1) is 16.8 Å².